The summed E-state index contributed by atoms with van der Waals surface area (Å²) in [7, 11) is 1.48. The fraction of sp³-hybridized carbons (Fsp3) is 0.333. The summed E-state index contributed by atoms with van der Waals surface area (Å²) in [6.07, 6.45) is -0.308. The van der Waals surface area contributed by atoms with Crippen LogP contribution in [0.2, 0.25) is 5.02 Å². The molecule has 0 heterocycles. The number of ether oxygens (including phenoxy) is 1. The summed E-state index contributed by atoms with van der Waals surface area (Å²) >= 11 is 5.95. The number of hydrogen-bond donors (Lipinski definition) is 2. The number of halogens is 1. The van der Waals surface area contributed by atoms with Crippen LogP contribution in [0.3, 0.4) is 0 Å². The Morgan fingerprint density at radius 3 is 2.61 bits per heavy atom. The molecule has 1 amide bonds. The van der Waals surface area contributed by atoms with Crippen molar-refractivity contribution >= 4 is 29.2 Å². The van der Waals surface area contributed by atoms with Crippen molar-refractivity contribution in [2.45, 2.75) is 19.8 Å². The Kier molecular flexibility index (Phi) is 4.97. The van der Waals surface area contributed by atoms with Crippen LogP contribution in [0, 0.1) is 6.92 Å². The molecule has 0 aromatic heterocycles. The van der Waals surface area contributed by atoms with E-state index in [9.17, 15) is 9.59 Å². The van der Waals surface area contributed by atoms with Gasteiger partial charge in [-0.3, -0.25) is 9.59 Å². The highest BCUT2D eigenvalue weighted by molar-refractivity contribution is 6.31. The standard InChI is InChI=1S/C12H14ClNO4/c1-7-5-10(18-2)9(6-8(7)13)14-11(15)3-4-12(16)17/h5-6H,3-4H2,1-2H3,(H,14,15)(H,16,17). The van der Waals surface area contributed by atoms with E-state index in [1.165, 1.54) is 7.11 Å². The highest BCUT2D eigenvalue weighted by Crippen LogP contribution is 2.30. The van der Waals surface area contributed by atoms with E-state index in [-0.39, 0.29) is 12.8 Å². The number of amides is 1. The van der Waals surface area contributed by atoms with Crippen molar-refractivity contribution in [3.8, 4) is 5.75 Å². The van der Waals surface area contributed by atoms with Crippen molar-refractivity contribution in [2.24, 2.45) is 0 Å². The predicted molar refractivity (Wildman–Crippen MR) is 68.2 cm³/mol. The third-order valence-corrected chi connectivity index (χ3v) is 2.73. The summed E-state index contributed by atoms with van der Waals surface area (Å²) in [6.45, 7) is 1.82. The van der Waals surface area contributed by atoms with Crippen LogP contribution in [-0.4, -0.2) is 24.1 Å². The number of carboxylic acids is 1. The van der Waals surface area contributed by atoms with Crippen LogP contribution in [0.25, 0.3) is 0 Å². The molecule has 18 heavy (non-hydrogen) atoms. The van der Waals surface area contributed by atoms with Crippen molar-refractivity contribution in [3.63, 3.8) is 0 Å². The van der Waals surface area contributed by atoms with Crippen LogP contribution < -0.4 is 10.1 Å². The molecule has 0 unspecified atom stereocenters. The van der Waals surface area contributed by atoms with Gasteiger partial charge in [-0.2, -0.15) is 0 Å². The van der Waals surface area contributed by atoms with Gasteiger partial charge < -0.3 is 15.2 Å². The quantitative estimate of drug-likeness (QED) is 0.862. The SMILES string of the molecule is COc1cc(C)c(Cl)cc1NC(=O)CCC(=O)O. The minimum absolute atomic E-state index is 0.0933. The zero-order chi connectivity index (χ0) is 13.7. The largest absolute Gasteiger partial charge is 0.495 e. The molecule has 6 heteroatoms. The van der Waals surface area contributed by atoms with Crippen LogP contribution in [0.5, 0.6) is 5.75 Å². The third-order valence-electron chi connectivity index (χ3n) is 2.32. The average molecular weight is 272 g/mol. The van der Waals surface area contributed by atoms with Crippen molar-refractivity contribution in [1.29, 1.82) is 0 Å². The van der Waals surface area contributed by atoms with Gasteiger partial charge in [-0.25, -0.2) is 0 Å². The van der Waals surface area contributed by atoms with Crippen molar-refractivity contribution < 1.29 is 19.4 Å². The Bertz CT molecular complexity index is 473. The Hall–Kier alpha value is -1.75. The molecule has 1 rings (SSSR count). The molecule has 0 atom stereocenters. The number of aryl methyl sites for hydroxylation is 1. The maximum Gasteiger partial charge on any atom is 0.303 e. The molecule has 0 aliphatic heterocycles. The van der Waals surface area contributed by atoms with E-state index >= 15 is 0 Å². The molecule has 0 aliphatic carbocycles. The Morgan fingerprint density at radius 1 is 1.39 bits per heavy atom. The van der Waals surface area contributed by atoms with Gasteiger partial charge in [0.1, 0.15) is 5.75 Å². The topological polar surface area (TPSA) is 75.6 Å². The molecule has 0 radical (unpaired) electrons. The maximum atomic E-state index is 11.5. The lowest BCUT2D eigenvalue weighted by Gasteiger charge is -2.11. The number of benzene rings is 1. The Labute approximate surface area is 110 Å². The first-order chi connectivity index (χ1) is 8.43. The van der Waals surface area contributed by atoms with Crippen molar-refractivity contribution in [2.75, 3.05) is 12.4 Å². The first kappa shape index (κ1) is 14.3. The number of aliphatic carboxylic acids is 1. The van der Waals surface area contributed by atoms with Gasteiger partial charge in [0.2, 0.25) is 5.91 Å². The molecule has 0 fully saturated rings. The molecular weight excluding hydrogens is 258 g/mol. The normalized spacial score (nSPS) is 9.94. The fourth-order valence-electron chi connectivity index (χ4n) is 1.35. The van der Waals surface area contributed by atoms with Crippen molar-refractivity contribution in [1.82, 2.24) is 0 Å². The zero-order valence-corrected chi connectivity index (χ0v) is 10.9. The minimum atomic E-state index is -1.01. The highest BCUT2D eigenvalue weighted by Gasteiger charge is 2.11. The molecule has 0 aliphatic rings. The second-order valence-electron chi connectivity index (χ2n) is 3.74. The van der Waals surface area contributed by atoms with Crippen molar-refractivity contribution in [3.05, 3.63) is 22.7 Å². The molecule has 98 valence electrons. The van der Waals surface area contributed by atoms with Gasteiger partial charge in [0, 0.05) is 11.4 Å². The van der Waals surface area contributed by atoms with E-state index in [0.717, 1.165) is 5.56 Å². The lowest BCUT2D eigenvalue weighted by molar-refractivity contribution is -0.138. The first-order valence-electron chi connectivity index (χ1n) is 5.30. The van der Waals surface area contributed by atoms with Crippen LogP contribution >= 0.6 is 11.6 Å². The van der Waals surface area contributed by atoms with E-state index in [1.807, 2.05) is 6.92 Å². The van der Waals surface area contributed by atoms with Gasteiger partial charge in [0.15, 0.2) is 0 Å². The molecular formula is C12H14ClNO4. The highest BCUT2D eigenvalue weighted by atomic mass is 35.5. The molecule has 1 aromatic carbocycles. The maximum absolute atomic E-state index is 11.5. The first-order valence-corrected chi connectivity index (χ1v) is 5.67. The number of rotatable bonds is 5. The molecule has 0 saturated carbocycles. The summed E-state index contributed by atoms with van der Waals surface area (Å²) in [5.41, 5.74) is 1.26. The zero-order valence-electron chi connectivity index (χ0n) is 10.1. The lowest BCUT2D eigenvalue weighted by atomic mass is 10.2. The molecule has 5 nitrogen and oxygen atoms in total. The number of hydrogen-bond acceptors (Lipinski definition) is 3. The second kappa shape index (κ2) is 6.26. The van der Waals surface area contributed by atoms with Gasteiger partial charge in [-0.1, -0.05) is 11.6 Å². The summed E-state index contributed by atoms with van der Waals surface area (Å²) in [4.78, 5) is 21.9. The molecule has 0 saturated heterocycles. The van der Waals surface area contributed by atoms with E-state index < -0.39 is 11.9 Å². The summed E-state index contributed by atoms with van der Waals surface area (Å²) in [6, 6.07) is 3.28. The van der Waals surface area contributed by atoms with E-state index in [4.69, 9.17) is 21.4 Å². The van der Waals surface area contributed by atoms with Crippen LogP contribution in [0.1, 0.15) is 18.4 Å². The predicted octanol–water partition coefficient (Wildman–Crippen LogP) is 2.46. The summed E-state index contributed by atoms with van der Waals surface area (Å²) < 4.78 is 5.12. The Morgan fingerprint density at radius 2 is 2.06 bits per heavy atom. The lowest BCUT2D eigenvalue weighted by Crippen LogP contribution is -2.14. The van der Waals surface area contributed by atoms with Gasteiger partial charge >= 0.3 is 5.97 Å². The van der Waals surface area contributed by atoms with Gasteiger partial charge in [-0.15, -0.1) is 0 Å². The molecule has 2 N–H and O–H groups in total. The average Bonchev–Trinajstić information content (AvgIpc) is 2.31. The number of nitrogens with one attached hydrogen (secondary N) is 1. The number of carbonyl (C=O) groups is 2. The van der Waals surface area contributed by atoms with Crippen LogP contribution in [-0.2, 0) is 9.59 Å². The van der Waals surface area contributed by atoms with Crippen LogP contribution in [0.15, 0.2) is 12.1 Å². The smallest absolute Gasteiger partial charge is 0.303 e. The van der Waals surface area contributed by atoms with Gasteiger partial charge in [-0.05, 0) is 24.6 Å². The number of anilines is 1. The number of methoxy groups -OCH3 is 1. The van der Waals surface area contributed by atoms with E-state index in [1.54, 1.807) is 12.1 Å². The molecule has 0 spiro atoms. The summed E-state index contributed by atoms with van der Waals surface area (Å²) in [5, 5.41) is 11.6. The minimum Gasteiger partial charge on any atom is -0.495 e. The molecule has 1 aromatic rings. The number of carbonyl (C=O) groups excluding carboxylic acids is 1. The third kappa shape index (κ3) is 3.92. The van der Waals surface area contributed by atoms with E-state index in [2.05, 4.69) is 5.32 Å². The summed E-state index contributed by atoms with van der Waals surface area (Å²) in [5.74, 6) is -0.921. The van der Waals surface area contributed by atoms with E-state index in [0.29, 0.717) is 16.5 Å². The second-order valence-corrected chi connectivity index (χ2v) is 4.15. The number of carboxylic acid groups (broad SMARTS) is 1. The van der Waals surface area contributed by atoms with Crippen LogP contribution in [0.4, 0.5) is 5.69 Å². The molecule has 0 bridgehead atoms. The fourth-order valence-corrected chi connectivity index (χ4v) is 1.52. The Balaban J connectivity index is 2.80. The van der Waals surface area contributed by atoms with Gasteiger partial charge in [0.25, 0.3) is 0 Å². The van der Waals surface area contributed by atoms with Gasteiger partial charge in [0.05, 0.1) is 19.2 Å². The monoisotopic (exact) mass is 271 g/mol.